The predicted octanol–water partition coefficient (Wildman–Crippen LogP) is 5.25. The fourth-order valence-corrected chi connectivity index (χ4v) is 4.52. The zero-order valence-electron chi connectivity index (χ0n) is 19.2. The van der Waals surface area contributed by atoms with E-state index in [1.807, 2.05) is 11.8 Å². The third-order valence-corrected chi connectivity index (χ3v) is 6.61. The van der Waals surface area contributed by atoms with Gasteiger partial charge in [-0.25, -0.2) is 9.37 Å². The Morgan fingerprint density at radius 2 is 2.06 bits per heavy atom. The number of hydrogen-bond acceptors (Lipinski definition) is 7. The van der Waals surface area contributed by atoms with Crippen LogP contribution < -0.4 is 15.0 Å². The van der Waals surface area contributed by atoms with E-state index in [0.29, 0.717) is 57.7 Å². The molecule has 0 radical (unpaired) electrons. The van der Waals surface area contributed by atoms with Crippen LogP contribution in [0.2, 0.25) is 5.02 Å². The number of carbonyl (C=O) groups excluding carboxylic acids is 1. The molecule has 5 rings (SSSR count). The van der Waals surface area contributed by atoms with Crippen molar-refractivity contribution in [1.29, 1.82) is 0 Å². The van der Waals surface area contributed by atoms with Crippen LogP contribution in [0, 0.1) is 18.7 Å². The predicted molar refractivity (Wildman–Crippen MR) is 131 cm³/mol. The van der Waals surface area contributed by atoms with E-state index >= 15 is 0 Å². The average molecular weight is 496 g/mol. The molecule has 1 aliphatic rings. The van der Waals surface area contributed by atoms with Gasteiger partial charge in [0.2, 0.25) is 5.91 Å². The van der Waals surface area contributed by atoms with Crippen molar-refractivity contribution in [3.05, 3.63) is 59.1 Å². The summed E-state index contributed by atoms with van der Waals surface area (Å²) in [4.78, 5) is 24.0. The van der Waals surface area contributed by atoms with E-state index in [0.717, 1.165) is 18.4 Å². The van der Waals surface area contributed by atoms with E-state index in [-0.39, 0.29) is 17.6 Å². The number of benzene rings is 2. The minimum absolute atomic E-state index is 0.107. The molecule has 1 N–H and O–H groups in total. The van der Waals surface area contributed by atoms with Crippen LogP contribution in [0.15, 0.2) is 47.2 Å². The van der Waals surface area contributed by atoms with Crippen molar-refractivity contribution in [3.63, 3.8) is 0 Å². The largest absolute Gasteiger partial charge is 0.495 e. The van der Waals surface area contributed by atoms with Crippen LogP contribution in [0.5, 0.6) is 5.75 Å². The second kappa shape index (κ2) is 9.50. The van der Waals surface area contributed by atoms with Crippen LogP contribution in [0.4, 0.5) is 15.9 Å². The molecule has 0 aliphatic carbocycles. The first-order chi connectivity index (χ1) is 16.9. The van der Waals surface area contributed by atoms with Gasteiger partial charge in [-0.3, -0.25) is 4.79 Å². The Labute approximate surface area is 206 Å². The fraction of sp³-hybridized carbons (Fsp3) is 0.280. The maximum absolute atomic E-state index is 13.4. The Hall–Kier alpha value is -3.72. The summed E-state index contributed by atoms with van der Waals surface area (Å²) >= 11 is 6.20. The number of anilines is 2. The lowest BCUT2D eigenvalue weighted by atomic mass is 9.96. The van der Waals surface area contributed by atoms with E-state index in [1.54, 1.807) is 24.3 Å². The highest BCUT2D eigenvalue weighted by molar-refractivity contribution is 6.31. The van der Waals surface area contributed by atoms with E-state index < -0.39 is 0 Å². The molecule has 10 heteroatoms. The Morgan fingerprint density at radius 3 is 2.83 bits per heavy atom. The van der Waals surface area contributed by atoms with Gasteiger partial charge in [-0.2, -0.15) is 4.98 Å². The lowest BCUT2D eigenvalue weighted by Gasteiger charge is -2.33. The number of nitrogens with zero attached hydrogens (tertiary/aromatic N) is 4. The molecule has 2 aromatic carbocycles. The van der Waals surface area contributed by atoms with Gasteiger partial charge >= 0.3 is 0 Å². The van der Waals surface area contributed by atoms with Gasteiger partial charge in [0, 0.05) is 29.7 Å². The molecule has 0 saturated carbocycles. The van der Waals surface area contributed by atoms with Crippen molar-refractivity contribution in [2.45, 2.75) is 19.8 Å². The third-order valence-electron chi connectivity index (χ3n) is 6.20. The minimum Gasteiger partial charge on any atom is -0.495 e. The molecule has 3 heterocycles. The molecule has 1 saturated heterocycles. The molecule has 0 spiro atoms. The Morgan fingerprint density at radius 1 is 1.26 bits per heavy atom. The summed E-state index contributed by atoms with van der Waals surface area (Å²) in [5.74, 6) is 0.420. The quantitative estimate of drug-likeness (QED) is 0.404. The zero-order chi connectivity index (χ0) is 24.5. The van der Waals surface area contributed by atoms with Gasteiger partial charge in [0.15, 0.2) is 0 Å². The number of ether oxygens (including phenoxy) is 1. The highest BCUT2D eigenvalue weighted by Crippen LogP contribution is 2.36. The Kier molecular flexibility index (Phi) is 6.25. The number of hydrogen-bond donors (Lipinski definition) is 1. The number of nitrogens with one attached hydrogen (secondary N) is 1. The third kappa shape index (κ3) is 4.51. The Balaban J connectivity index is 1.42. The van der Waals surface area contributed by atoms with Crippen molar-refractivity contribution >= 4 is 40.1 Å². The molecule has 4 aromatic rings. The molecule has 1 aliphatic heterocycles. The van der Waals surface area contributed by atoms with Gasteiger partial charge in [-0.1, -0.05) is 16.8 Å². The van der Waals surface area contributed by atoms with Crippen LogP contribution >= 0.6 is 11.6 Å². The van der Waals surface area contributed by atoms with Crippen molar-refractivity contribution in [3.8, 4) is 17.0 Å². The molecule has 180 valence electrons. The fourth-order valence-electron chi connectivity index (χ4n) is 4.36. The van der Waals surface area contributed by atoms with Crippen molar-refractivity contribution in [2.24, 2.45) is 5.92 Å². The van der Waals surface area contributed by atoms with E-state index in [9.17, 15) is 9.18 Å². The van der Waals surface area contributed by atoms with Gasteiger partial charge in [-0.05, 0) is 55.7 Å². The maximum Gasteiger partial charge on any atom is 0.263 e. The van der Waals surface area contributed by atoms with E-state index in [2.05, 4.69) is 20.4 Å². The zero-order valence-corrected chi connectivity index (χ0v) is 20.0. The smallest absolute Gasteiger partial charge is 0.263 e. The van der Waals surface area contributed by atoms with Crippen molar-refractivity contribution in [1.82, 2.24) is 15.1 Å². The molecule has 0 bridgehead atoms. The lowest BCUT2D eigenvalue weighted by molar-refractivity contribution is -0.120. The number of piperidine rings is 1. The number of fused-ring (bicyclic) bond motifs is 1. The number of carbonyl (C=O) groups is 1. The normalized spacial score (nSPS) is 15.9. The van der Waals surface area contributed by atoms with Crippen LogP contribution in [0.1, 0.15) is 18.4 Å². The molecular weight excluding hydrogens is 473 g/mol. The molecule has 8 nitrogen and oxygen atoms in total. The molecule has 2 aromatic heterocycles. The second-order valence-corrected chi connectivity index (χ2v) is 8.90. The molecule has 0 unspecified atom stereocenters. The summed E-state index contributed by atoms with van der Waals surface area (Å²) < 4.78 is 24.3. The molecule has 1 atom stereocenters. The molecular formula is C25H23ClFN5O3. The topological polar surface area (TPSA) is 93.4 Å². The summed E-state index contributed by atoms with van der Waals surface area (Å²) in [6.45, 7) is 3.05. The standard InChI is InChI=1S/C25H23ClFN5O3/c1-14-10-19(20(34-2)11-18(14)26)30-24(33)16-4-3-9-32(12-16)23-21-22(15-5-7-17(27)8-6-15)31-35-25(21)29-13-28-23/h5-8,10-11,13,16H,3-4,9,12H2,1-2H3,(H,30,33)/t16-/m0/s1. The summed E-state index contributed by atoms with van der Waals surface area (Å²) in [6, 6.07) is 9.51. The number of halogens is 2. The maximum atomic E-state index is 13.4. The van der Waals surface area contributed by atoms with Crippen molar-refractivity contribution < 1.29 is 18.4 Å². The van der Waals surface area contributed by atoms with Crippen LogP contribution in [-0.2, 0) is 4.79 Å². The summed E-state index contributed by atoms with van der Waals surface area (Å²) in [5.41, 5.74) is 2.99. The first-order valence-corrected chi connectivity index (χ1v) is 11.6. The van der Waals surface area contributed by atoms with Crippen LogP contribution in [-0.4, -0.2) is 41.2 Å². The second-order valence-electron chi connectivity index (χ2n) is 8.49. The number of rotatable bonds is 5. The monoisotopic (exact) mass is 495 g/mol. The minimum atomic E-state index is -0.338. The highest BCUT2D eigenvalue weighted by Gasteiger charge is 2.30. The van der Waals surface area contributed by atoms with Gasteiger partial charge < -0.3 is 19.5 Å². The SMILES string of the molecule is COc1cc(Cl)c(C)cc1NC(=O)[C@H]1CCCN(c2ncnc3onc(-c4ccc(F)cc4)c23)C1. The average Bonchev–Trinajstić information content (AvgIpc) is 3.31. The van der Waals surface area contributed by atoms with Gasteiger partial charge in [0.25, 0.3) is 5.71 Å². The number of methoxy groups -OCH3 is 1. The van der Waals surface area contributed by atoms with Gasteiger partial charge in [0.1, 0.15) is 34.8 Å². The summed E-state index contributed by atoms with van der Waals surface area (Å²) in [5, 5.41) is 8.37. The van der Waals surface area contributed by atoms with Crippen LogP contribution in [0.3, 0.4) is 0 Å². The first-order valence-electron chi connectivity index (χ1n) is 11.2. The number of amides is 1. The highest BCUT2D eigenvalue weighted by atomic mass is 35.5. The van der Waals surface area contributed by atoms with E-state index in [4.69, 9.17) is 20.9 Å². The van der Waals surface area contributed by atoms with Crippen LogP contribution in [0.25, 0.3) is 22.4 Å². The molecule has 1 fully saturated rings. The lowest BCUT2D eigenvalue weighted by Crippen LogP contribution is -2.41. The number of aromatic nitrogens is 3. The summed E-state index contributed by atoms with van der Waals surface area (Å²) in [7, 11) is 1.54. The molecule has 1 amide bonds. The molecule has 35 heavy (non-hydrogen) atoms. The van der Waals surface area contributed by atoms with E-state index in [1.165, 1.54) is 25.6 Å². The van der Waals surface area contributed by atoms with Gasteiger partial charge in [-0.15, -0.1) is 0 Å². The first kappa shape index (κ1) is 23.0. The van der Waals surface area contributed by atoms with Crippen molar-refractivity contribution in [2.75, 3.05) is 30.4 Å². The van der Waals surface area contributed by atoms with Gasteiger partial charge in [0.05, 0.1) is 18.7 Å². The Bertz CT molecular complexity index is 1390. The summed E-state index contributed by atoms with van der Waals surface area (Å²) in [6.07, 6.45) is 2.96. The number of aryl methyl sites for hydroxylation is 1.